The Kier molecular flexibility index (Phi) is 5.46. The highest BCUT2D eigenvalue weighted by molar-refractivity contribution is 6.06. The van der Waals surface area contributed by atoms with Crippen LogP contribution in [0.3, 0.4) is 0 Å². The van der Waals surface area contributed by atoms with E-state index in [1.54, 1.807) is 36.5 Å². The summed E-state index contributed by atoms with van der Waals surface area (Å²) in [6.45, 7) is 1.46. The highest BCUT2D eigenvalue weighted by atomic mass is 19.1. The van der Waals surface area contributed by atoms with Crippen molar-refractivity contribution in [1.29, 1.82) is 0 Å². The van der Waals surface area contributed by atoms with Crippen molar-refractivity contribution in [2.45, 2.75) is 18.6 Å². The quantitative estimate of drug-likeness (QED) is 0.392. The van der Waals surface area contributed by atoms with E-state index in [0.29, 0.717) is 28.2 Å². The van der Waals surface area contributed by atoms with Crippen molar-refractivity contribution in [3.8, 4) is 5.69 Å². The van der Waals surface area contributed by atoms with Gasteiger partial charge in [0.2, 0.25) is 0 Å². The fourth-order valence-corrected chi connectivity index (χ4v) is 3.82. The van der Waals surface area contributed by atoms with Gasteiger partial charge in [0.15, 0.2) is 28.9 Å². The highest BCUT2D eigenvalue weighted by Crippen LogP contribution is 2.27. The Morgan fingerprint density at radius 3 is 2.80 bits per heavy atom. The first-order chi connectivity index (χ1) is 16.7. The fourth-order valence-electron chi connectivity index (χ4n) is 3.82. The zero-order valence-electron chi connectivity index (χ0n) is 18.5. The molecule has 5 rings (SSSR count). The number of carbonyl (C=O) groups is 2. The topological polar surface area (TPSA) is 149 Å². The van der Waals surface area contributed by atoms with E-state index < -0.39 is 23.5 Å². The number of fused-ring (bicyclic) bond motifs is 1. The van der Waals surface area contributed by atoms with E-state index in [2.05, 4.69) is 15.6 Å². The van der Waals surface area contributed by atoms with Gasteiger partial charge in [-0.15, -0.1) is 5.10 Å². The minimum absolute atomic E-state index is 0.0759. The molecule has 0 spiro atoms. The zero-order chi connectivity index (χ0) is 24.7. The van der Waals surface area contributed by atoms with E-state index in [-0.39, 0.29) is 24.8 Å². The number of nitrogens with two attached hydrogens (primary N) is 1. The number of morpholine rings is 1. The van der Waals surface area contributed by atoms with Crippen LogP contribution >= 0.6 is 0 Å². The molecule has 180 valence electrons. The number of hydrogen-bond donors (Lipinski definition) is 3. The first kappa shape index (κ1) is 22.5. The number of aromatic nitrogens is 3. The molecule has 3 heterocycles. The summed E-state index contributed by atoms with van der Waals surface area (Å²) in [6, 6.07) is 12.0. The zero-order valence-corrected chi connectivity index (χ0v) is 18.5. The highest BCUT2D eigenvalue weighted by Gasteiger charge is 2.48. The van der Waals surface area contributed by atoms with E-state index in [0.717, 1.165) is 0 Å². The largest absolute Gasteiger partial charge is 0.380 e. The predicted octanol–water partition coefficient (Wildman–Crippen LogP) is 1.86. The van der Waals surface area contributed by atoms with Gasteiger partial charge in [-0.05, 0) is 43.3 Å². The number of nitrogens with one attached hydrogen (secondary N) is 1. The number of hydrogen-bond acceptors (Lipinski definition) is 8. The molecular formula is C23H21FN6O5. The standard InChI is InChI=1S/C23H21FN6O5/c1-23(33,22(32)26-14-4-7-16-17(12-14)35-28-20(16)25)19-21(31)29(10-11-34-19)18-8-9-30(27-18)15-5-2-13(24)3-6-15/h2-9,12,19,33H,10-11H2,1H3,(H2,25,28)(H,26,32). The Balaban J connectivity index is 1.33. The first-order valence-corrected chi connectivity index (χ1v) is 10.7. The Morgan fingerprint density at radius 1 is 1.26 bits per heavy atom. The minimum atomic E-state index is -2.20. The second-order valence-corrected chi connectivity index (χ2v) is 8.22. The van der Waals surface area contributed by atoms with Crippen molar-refractivity contribution < 1.29 is 28.3 Å². The molecule has 2 aromatic carbocycles. The number of rotatable bonds is 5. The summed E-state index contributed by atoms with van der Waals surface area (Å²) in [5, 5.41) is 22.2. The Bertz CT molecular complexity index is 1410. The number of aliphatic hydroxyl groups is 1. The number of benzene rings is 2. The molecule has 2 unspecified atom stereocenters. The van der Waals surface area contributed by atoms with Crippen LogP contribution in [0.4, 0.5) is 21.7 Å². The SMILES string of the molecule is CC(O)(C(=O)Nc1ccc2c(N)noc2c1)C1OCCN(c2ccn(-c3ccc(F)cc3)n2)C1=O. The van der Waals surface area contributed by atoms with Crippen LogP contribution in [-0.2, 0) is 14.3 Å². The number of carbonyl (C=O) groups excluding carboxylic acids is 2. The average Bonchev–Trinajstić information content (AvgIpc) is 3.47. The third-order valence-electron chi connectivity index (χ3n) is 5.76. The lowest BCUT2D eigenvalue weighted by molar-refractivity contribution is -0.165. The van der Waals surface area contributed by atoms with Gasteiger partial charge in [-0.1, -0.05) is 5.16 Å². The van der Waals surface area contributed by atoms with Crippen LogP contribution < -0.4 is 16.0 Å². The summed E-state index contributed by atoms with van der Waals surface area (Å²) >= 11 is 0. The molecule has 1 fully saturated rings. The van der Waals surface area contributed by atoms with E-state index in [1.165, 1.54) is 34.7 Å². The van der Waals surface area contributed by atoms with Crippen LogP contribution in [0.1, 0.15) is 6.92 Å². The number of ether oxygens (including phenoxy) is 1. The van der Waals surface area contributed by atoms with Crippen LogP contribution in [0, 0.1) is 5.82 Å². The van der Waals surface area contributed by atoms with Gasteiger partial charge in [0.05, 0.1) is 24.2 Å². The number of nitrogen functional groups attached to an aromatic ring is 1. The average molecular weight is 480 g/mol. The van der Waals surface area contributed by atoms with Crippen molar-refractivity contribution in [3.05, 3.63) is 60.5 Å². The summed E-state index contributed by atoms with van der Waals surface area (Å²) in [5.74, 6) is -1.33. The van der Waals surface area contributed by atoms with Gasteiger partial charge in [0.25, 0.3) is 11.8 Å². The summed E-state index contributed by atoms with van der Waals surface area (Å²) in [4.78, 5) is 27.5. The van der Waals surface area contributed by atoms with Gasteiger partial charge >= 0.3 is 0 Å². The second kappa shape index (κ2) is 8.49. The number of nitrogens with zero attached hydrogens (tertiary/aromatic N) is 4. The van der Waals surface area contributed by atoms with Crippen LogP contribution in [0.5, 0.6) is 0 Å². The summed E-state index contributed by atoms with van der Waals surface area (Å²) in [6.07, 6.45) is 0.147. The van der Waals surface area contributed by atoms with Crippen molar-refractivity contribution in [3.63, 3.8) is 0 Å². The molecule has 1 aliphatic rings. The van der Waals surface area contributed by atoms with Crippen LogP contribution in [0.2, 0.25) is 0 Å². The predicted molar refractivity (Wildman–Crippen MR) is 123 cm³/mol. The maximum absolute atomic E-state index is 13.2. The van der Waals surface area contributed by atoms with Gasteiger partial charge in [0.1, 0.15) is 5.82 Å². The lowest BCUT2D eigenvalue weighted by Crippen LogP contribution is -2.61. The van der Waals surface area contributed by atoms with Crippen LogP contribution in [0.25, 0.3) is 16.7 Å². The third kappa shape index (κ3) is 4.09. The number of halogens is 1. The smallest absolute Gasteiger partial charge is 0.260 e. The monoisotopic (exact) mass is 480 g/mol. The van der Waals surface area contributed by atoms with Crippen molar-refractivity contribution >= 4 is 40.1 Å². The van der Waals surface area contributed by atoms with E-state index in [1.807, 2.05) is 0 Å². The molecule has 35 heavy (non-hydrogen) atoms. The number of amides is 2. The molecular weight excluding hydrogens is 459 g/mol. The molecule has 0 bridgehead atoms. The Morgan fingerprint density at radius 2 is 2.03 bits per heavy atom. The molecule has 2 amide bonds. The van der Waals surface area contributed by atoms with Crippen molar-refractivity contribution in [2.75, 3.05) is 29.1 Å². The molecule has 11 nitrogen and oxygen atoms in total. The molecule has 4 N–H and O–H groups in total. The van der Waals surface area contributed by atoms with Gasteiger partial charge in [-0.25, -0.2) is 9.07 Å². The first-order valence-electron chi connectivity index (χ1n) is 10.7. The van der Waals surface area contributed by atoms with Crippen LogP contribution in [-0.4, -0.2) is 56.7 Å². The minimum Gasteiger partial charge on any atom is -0.380 e. The van der Waals surface area contributed by atoms with Crippen LogP contribution in [0.15, 0.2) is 59.3 Å². The number of anilines is 3. The lowest BCUT2D eigenvalue weighted by Gasteiger charge is -2.37. The molecule has 1 saturated heterocycles. The van der Waals surface area contributed by atoms with E-state index >= 15 is 0 Å². The molecule has 0 radical (unpaired) electrons. The molecule has 2 aromatic heterocycles. The maximum Gasteiger partial charge on any atom is 0.260 e. The fraction of sp³-hybridized carbons (Fsp3) is 0.217. The molecule has 2 atom stereocenters. The van der Waals surface area contributed by atoms with Gasteiger partial charge in [-0.2, -0.15) is 0 Å². The molecule has 1 aliphatic heterocycles. The van der Waals surface area contributed by atoms with Gasteiger partial charge < -0.3 is 25.4 Å². The Labute approximate surface area is 197 Å². The van der Waals surface area contributed by atoms with Gasteiger partial charge in [0, 0.05) is 24.0 Å². The lowest BCUT2D eigenvalue weighted by atomic mass is 9.95. The van der Waals surface area contributed by atoms with Gasteiger partial charge in [-0.3, -0.25) is 14.5 Å². The molecule has 0 saturated carbocycles. The van der Waals surface area contributed by atoms with E-state index in [9.17, 15) is 19.1 Å². The molecule has 0 aliphatic carbocycles. The van der Waals surface area contributed by atoms with Crippen molar-refractivity contribution in [1.82, 2.24) is 14.9 Å². The van der Waals surface area contributed by atoms with Crippen molar-refractivity contribution in [2.24, 2.45) is 0 Å². The summed E-state index contributed by atoms with van der Waals surface area (Å²) < 4.78 is 25.3. The summed E-state index contributed by atoms with van der Waals surface area (Å²) in [5.41, 5.74) is 4.77. The molecule has 4 aromatic rings. The second-order valence-electron chi connectivity index (χ2n) is 8.22. The Hall–Kier alpha value is -4.29. The summed E-state index contributed by atoms with van der Waals surface area (Å²) in [7, 11) is 0. The van der Waals surface area contributed by atoms with E-state index in [4.69, 9.17) is 15.0 Å². The normalized spacial score (nSPS) is 18.0. The third-order valence-corrected chi connectivity index (χ3v) is 5.76. The molecule has 12 heteroatoms. The maximum atomic E-state index is 13.2.